The molecule has 0 aliphatic rings. The van der Waals surface area contributed by atoms with E-state index in [0.29, 0.717) is 22.9 Å². The minimum Gasteiger partial charge on any atom is -0.423 e. The maximum absolute atomic E-state index is 9.78. The highest BCUT2D eigenvalue weighted by Gasteiger charge is 2.18. The third-order valence-electron chi connectivity index (χ3n) is 5.17. The standard InChI is InChI=1S/C25H18BN3O2/c30-26(31)22-16-8-13-19-20(22)14-7-15-21(19)25-28-23(17-9-3-1-4-10-17)27-24(29-25)18-11-5-2-6-12-18/h1-16,30-31H. The maximum atomic E-state index is 9.78. The predicted molar refractivity (Wildman–Crippen MR) is 123 cm³/mol. The van der Waals surface area contributed by atoms with Crippen molar-refractivity contribution >= 4 is 23.4 Å². The minimum absolute atomic E-state index is 0.444. The Morgan fingerprint density at radius 1 is 0.484 bits per heavy atom. The van der Waals surface area contributed by atoms with E-state index in [-0.39, 0.29) is 0 Å². The molecule has 0 aliphatic heterocycles. The maximum Gasteiger partial charge on any atom is 0.489 e. The average Bonchev–Trinajstić information content (AvgIpc) is 2.84. The first kappa shape index (κ1) is 19.1. The molecular weight excluding hydrogens is 385 g/mol. The van der Waals surface area contributed by atoms with Gasteiger partial charge in [-0.3, -0.25) is 0 Å². The molecule has 0 atom stereocenters. The second-order valence-electron chi connectivity index (χ2n) is 7.16. The SMILES string of the molecule is OB(O)c1cccc2c(-c3nc(-c4ccccc4)nc(-c4ccccc4)n3)cccc12. The molecule has 1 aromatic heterocycles. The lowest BCUT2D eigenvalue weighted by molar-refractivity contribution is 0.426. The lowest BCUT2D eigenvalue weighted by Gasteiger charge is -2.12. The molecule has 0 saturated heterocycles. The first-order chi connectivity index (χ1) is 15.2. The van der Waals surface area contributed by atoms with E-state index in [2.05, 4.69) is 0 Å². The van der Waals surface area contributed by atoms with Crippen LogP contribution < -0.4 is 5.46 Å². The topological polar surface area (TPSA) is 79.1 Å². The number of hydrogen-bond donors (Lipinski definition) is 2. The number of benzene rings is 4. The van der Waals surface area contributed by atoms with Gasteiger partial charge in [-0.15, -0.1) is 0 Å². The highest BCUT2D eigenvalue weighted by atomic mass is 16.4. The molecule has 2 N–H and O–H groups in total. The molecule has 148 valence electrons. The summed E-state index contributed by atoms with van der Waals surface area (Å²) in [4.78, 5) is 14.3. The fourth-order valence-electron chi connectivity index (χ4n) is 3.68. The van der Waals surface area contributed by atoms with E-state index in [0.717, 1.165) is 27.5 Å². The van der Waals surface area contributed by atoms with Crippen LogP contribution in [0.4, 0.5) is 0 Å². The molecule has 0 radical (unpaired) electrons. The number of fused-ring (bicyclic) bond motifs is 1. The quantitative estimate of drug-likeness (QED) is 0.448. The van der Waals surface area contributed by atoms with Gasteiger partial charge < -0.3 is 10.0 Å². The van der Waals surface area contributed by atoms with Gasteiger partial charge in [0.05, 0.1) is 0 Å². The van der Waals surface area contributed by atoms with Crippen LogP contribution in [0, 0.1) is 0 Å². The van der Waals surface area contributed by atoms with Crippen molar-refractivity contribution in [3.63, 3.8) is 0 Å². The molecule has 5 aromatic rings. The first-order valence-electron chi connectivity index (χ1n) is 9.96. The van der Waals surface area contributed by atoms with E-state index in [1.165, 1.54) is 0 Å². The summed E-state index contributed by atoms with van der Waals surface area (Å²) < 4.78 is 0. The molecule has 4 aromatic carbocycles. The van der Waals surface area contributed by atoms with Crippen molar-refractivity contribution in [2.45, 2.75) is 0 Å². The zero-order valence-corrected chi connectivity index (χ0v) is 16.6. The molecule has 0 unspecified atom stereocenters. The normalized spacial score (nSPS) is 10.9. The fourth-order valence-corrected chi connectivity index (χ4v) is 3.68. The van der Waals surface area contributed by atoms with E-state index < -0.39 is 7.12 Å². The Balaban J connectivity index is 1.77. The molecule has 0 bridgehead atoms. The summed E-state index contributed by atoms with van der Waals surface area (Å²) in [5.41, 5.74) is 3.04. The lowest BCUT2D eigenvalue weighted by Crippen LogP contribution is -2.30. The monoisotopic (exact) mass is 403 g/mol. The third kappa shape index (κ3) is 3.70. The van der Waals surface area contributed by atoms with Crippen LogP contribution in [-0.2, 0) is 0 Å². The van der Waals surface area contributed by atoms with Crippen molar-refractivity contribution in [3.05, 3.63) is 97.1 Å². The summed E-state index contributed by atoms with van der Waals surface area (Å²) in [7, 11) is -1.56. The van der Waals surface area contributed by atoms with Crippen molar-refractivity contribution in [3.8, 4) is 34.2 Å². The van der Waals surface area contributed by atoms with Gasteiger partial charge in [-0.2, -0.15) is 0 Å². The molecule has 5 rings (SSSR count). The zero-order chi connectivity index (χ0) is 21.2. The van der Waals surface area contributed by atoms with Crippen LogP contribution in [0.25, 0.3) is 44.9 Å². The van der Waals surface area contributed by atoms with E-state index in [1.54, 1.807) is 12.1 Å². The van der Waals surface area contributed by atoms with Crippen molar-refractivity contribution in [2.24, 2.45) is 0 Å². The Kier molecular flexibility index (Phi) is 5.00. The van der Waals surface area contributed by atoms with Gasteiger partial charge in [0.1, 0.15) is 0 Å². The van der Waals surface area contributed by atoms with Gasteiger partial charge in [0.2, 0.25) is 0 Å². The molecule has 0 saturated carbocycles. The van der Waals surface area contributed by atoms with Crippen molar-refractivity contribution in [1.82, 2.24) is 15.0 Å². The summed E-state index contributed by atoms with van der Waals surface area (Å²) >= 11 is 0. The summed E-state index contributed by atoms with van der Waals surface area (Å²) in [5, 5.41) is 21.2. The number of nitrogens with zero attached hydrogens (tertiary/aromatic N) is 3. The first-order valence-corrected chi connectivity index (χ1v) is 9.96. The number of hydrogen-bond acceptors (Lipinski definition) is 5. The fraction of sp³-hybridized carbons (Fsp3) is 0. The van der Waals surface area contributed by atoms with E-state index >= 15 is 0 Å². The molecule has 6 heteroatoms. The highest BCUT2D eigenvalue weighted by Crippen LogP contribution is 2.29. The van der Waals surface area contributed by atoms with Crippen LogP contribution in [-0.4, -0.2) is 32.1 Å². The molecule has 0 fully saturated rings. The van der Waals surface area contributed by atoms with Gasteiger partial charge in [-0.25, -0.2) is 15.0 Å². The molecule has 0 aliphatic carbocycles. The summed E-state index contributed by atoms with van der Waals surface area (Å²) in [6.45, 7) is 0. The van der Waals surface area contributed by atoms with E-state index in [4.69, 9.17) is 15.0 Å². The van der Waals surface area contributed by atoms with Gasteiger partial charge >= 0.3 is 7.12 Å². The molecular formula is C25H18BN3O2. The molecule has 1 heterocycles. The largest absolute Gasteiger partial charge is 0.489 e. The molecule has 0 amide bonds. The predicted octanol–water partition coefficient (Wildman–Crippen LogP) is 3.71. The van der Waals surface area contributed by atoms with E-state index in [9.17, 15) is 10.0 Å². The zero-order valence-electron chi connectivity index (χ0n) is 16.6. The van der Waals surface area contributed by atoms with Gasteiger partial charge in [-0.1, -0.05) is 97.1 Å². The van der Waals surface area contributed by atoms with Gasteiger partial charge in [0, 0.05) is 16.7 Å². The Labute approximate surface area is 179 Å². The third-order valence-corrected chi connectivity index (χ3v) is 5.17. The Morgan fingerprint density at radius 3 is 1.58 bits per heavy atom. The van der Waals surface area contributed by atoms with Crippen molar-refractivity contribution in [1.29, 1.82) is 0 Å². The number of rotatable bonds is 4. The summed E-state index contributed by atoms with van der Waals surface area (Å²) in [5.74, 6) is 1.70. The van der Waals surface area contributed by atoms with Crippen LogP contribution in [0.3, 0.4) is 0 Å². The molecule has 5 nitrogen and oxygen atoms in total. The Bertz CT molecular complexity index is 1300. The van der Waals surface area contributed by atoms with Crippen LogP contribution in [0.5, 0.6) is 0 Å². The molecule has 0 spiro atoms. The highest BCUT2D eigenvalue weighted by molar-refractivity contribution is 6.62. The van der Waals surface area contributed by atoms with Gasteiger partial charge in [-0.05, 0) is 16.2 Å². The number of aromatic nitrogens is 3. The van der Waals surface area contributed by atoms with Crippen LogP contribution in [0.15, 0.2) is 97.1 Å². The van der Waals surface area contributed by atoms with E-state index in [1.807, 2.05) is 84.9 Å². The van der Waals surface area contributed by atoms with Crippen LogP contribution in [0.1, 0.15) is 0 Å². The minimum atomic E-state index is -1.56. The van der Waals surface area contributed by atoms with Crippen LogP contribution in [0.2, 0.25) is 0 Å². The smallest absolute Gasteiger partial charge is 0.423 e. The van der Waals surface area contributed by atoms with Crippen molar-refractivity contribution < 1.29 is 10.0 Å². The summed E-state index contributed by atoms with van der Waals surface area (Å²) in [6, 6.07) is 30.7. The Hall–Kier alpha value is -3.87. The van der Waals surface area contributed by atoms with Crippen LogP contribution >= 0.6 is 0 Å². The summed E-state index contributed by atoms with van der Waals surface area (Å²) in [6.07, 6.45) is 0. The Morgan fingerprint density at radius 2 is 1.00 bits per heavy atom. The lowest BCUT2D eigenvalue weighted by atomic mass is 9.77. The second-order valence-corrected chi connectivity index (χ2v) is 7.16. The van der Waals surface area contributed by atoms with Gasteiger partial charge in [0.25, 0.3) is 0 Å². The average molecular weight is 403 g/mol. The van der Waals surface area contributed by atoms with Crippen molar-refractivity contribution in [2.75, 3.05) is 0 Å². The van der Waals surface area contributed by atoms with Gasteiger partial charge in [0.15, 0.2) is 17.5 Å². The second kappa shape index (κ2) is 8.10. The molecule has 31 heavy (non-hydrogen) atoms.